The minimum atomic E-state index is -0.581. The maximum atomic E-state index is 13.4. The van der Waals surface area contributed by atoms with Gasteiger partial charge in [-0.3, -0.25) is 24.3 Å². The number of nitriles is 1. The summed E-state index contributed by atoms with van der Waals surface area (Å²) in [7, 11) is 1.56. The number of rotatable bonds is 8. The van der Waals surface area contributed by atoms with Crippen LogP contribution in [-0.4, -0.2) is 35.7 Å². The van der Waals surface area contributed by atoms with Crippen molar-refractivity contribution in [3.8, 4) is 11.8 Å². The summed E-state index contributed by atoms with van der Waals surface area (Å²) in [6, 6.07) is 14.9. The molecule has 174 valence electrons. The van der Waals surface area contributed by atoms with Gasteiger partial charge in [0.25, 0.3) is 17.2 Å². The van der Waals surface area contributed by atoms with Gasteiger partial charge in [0.05, 0.1) is 15.1 Å². The van der Waals surface area contributed by atoms with Crippen molar-refractivity contribution >= 4 is 34.6 Å². The van der Waals surface area contributed by atoms with Crippen molar-refractivity contribution in [3.63, 3.8) is 0 Å². The predicted molar refractivity (Wildman–Crippen MR) is 129 cm³/mol. The summed E-state index contributed by atoms with van der Waals surface area (Å²) in [5.74, 6) is -0.581. The fourth-order valence-corrected chi connectivity index (χ4v) is 4.23. The zero-order chi connectivity index (χ0) is 24.7. The van der Waals surface area contributed by atoms with Crippen molar-refractivity contribution in [1.29, 1.82) is 5.26 Å². The normalized spacial score (nSPS) is 12.2. The fourth-order valence-electron chi connectivity index (χ4n) is 3.12. The second-order valence-corrected chi connectivity index (χ2v) is 8.36. The van der Waals surface area contributed by atoms with Crippen LogP contribution < -0.4 is 20.1 Å². The molecule has 10 heteroatoms. The van der Waals surface area contributed by atoms with E-state index in [1.807, 2.05) is 25.1 Å². The van der Waals surface area contributed by atoms with E-state index in [0.717, 1.165) is 16.9 Å². The number of nitrogens with one attached hydrogen (secondary N) is 1. The van der Waals surface area contributed by atoms with Crippen molar-refractivity contribution in [2.75, 3.05) is 20.3 Å². The van der Waals surface area contributed by atoms with Crippen molar-refractivity contribution in [2.24, 2.45) is 0 Å². The first-order chi connectivity index (χ1) is 16.3. The second kappa shape index (κ2) is 11.2. The van der Waals surface area contributed by atoms with Crippen LogP contribution in [0.4, 0.5) is 5.69 Å². The van der Waals surface area contributed by atoms with Gasteiger partial charge < -0.3 is 10.1 Å². The van der Waals surface area contributed by atoms with Crippen LogP contribution in [0.1, 0.15) is 17.5 Å². The number of hydrogen-bond acceptors (Lipinski definition) is 7. The van der Waals surface area contributed by atoms with E-state index in [2.05, 4.69) is 5.32 Å². The maximum Gasteiger partial charge on any atom is 0.273 e. The highest BCUT2D eigenvalue weighted by atomic mass is 32.1. The molecule has 1 heterocycles. The molecule has 0 atom stereocenters. The van der Waals surface area contributed by atoms with Crippen LogP contribution in [0.3, 0.4) is 0 Å². The Bertz CT molecular complexity index is 1410. The molecule has 0 aliphatic heterocycles. The summed E-state index contributed by atoms with van der Waals surface area (Å²) in [5.41, 5.74) is 1.45. The van der Waals surface area contributed by atoms with Gasteiger partial charge in [-0.15, -0.1) is 11.3 Å². The Labute approximate surface area is 199 Å². The largest absolute Gasteiger partial charge is 0.385 e. The molecule has 34 heavy (non-hydrogen) atoms. The molecule has 0 fully saturated rings. The van der Waals surface area contributed by atoms with Crippen molar-refractivity contribution in [3.05, 3.63) is 89.3 Å². The summed E-state index contributed by atoms with van der Waals surface area (Å²) in [5, 5.41) is 23.4. The molecule has 0 unspecified atom stereocenters. The molecule has 3 aromatic rings. The minimum Gasteiger partial charge on any atom is -0.385 e. The van der Waals surface area contributed by atoms with E-state index in [9.17, 15) is 25.0 Å². The molecule has 0 saturated carbocycles. The SMILES string of the molecule is COCCCNC(=O)C(C#N)=c1sc(=Cc2ccc([N+](=O)[O-])cc2)c(=O)n1-c1ccc(C)cc1. The Kier molecular flexibility index (Phi) is 8.08. The first kappa shape index (κ1) is 24.6. The Morgan fingerprint density at radius 3 is 2.50 bits per heavy atom. The van der Waals surface area contributed by atoms with E-state index in [4.69, 9.17) is 4.74 Å². The molecule has 1 aromatic heterocycles. The van der Waals surface area contributed by atoms with E-state index in [1.165, 1.54) is 28.8 Å². The zero-order valence-corrected chi connectivity index (χ0v) is 19.4. The monoisotopic (exact) mass is 478 g/mol. The highest BCUT2D eigenvalue weighted by molar-refractivity contribution is 7.07. The van der Waals surface area contributed by atoms with Gasteiger partial charge in [0.2, 0.25) is 0 Å². The number of carbonyl (C=O) groups excluding carboxylic acids is 1. The van der Waals surface area contributed by atoms with Gasteiger partial charge in [0, 0.05) is 32.4 Å². The first-order valence-corrected chi connectivity index (χ1v) is 11.1. The molecule has 0 radical (unpaired) electrons. The molecule has 3 rings (SSSR count). The molecule has 0 bridgehead atoms. The van der Waals surface area contributed by atoms with Crippen molar-refractivity contribution in [1.82, 2.24) is 9.88 Å². The number of benzene rings is 2. The molecule has 1 N–H and O–H groups in total. The number of nitro groups is 1. The van der Waals surface area contributed by atoms with Crippen molar-refractivity contribution in [2.45, 2.75) is 13.3 Å². The Hall–Kier alpha value is -4.07. The molecule has 0 saturated heterocycles. The van der Waals surface area contributed by atoms with Crippen LogP contribution >= 0.6 is 11.3 Å². The average molecular weight is 479 g/mol. The minimum absolute atomic E-state index is 0.0636. The van der Waals surface area contributed by atoms with Gasteiger partial charge in [-0.05, 0) is 49.2 Å². The van der Waals surface area contributed by atoms with E-state index in [-0.39, 0.29) is 20.5 Å². The molecular formula is C24H22N4O5S. The molecule has 2 aromatic carbocycles. The van der Waals surface area contributed by atoms with Crippen LogP contribution in [0, 0.1) is 28.4 Å². The van der Waals surface area contributed by atoms with Crippen LogP contribution in [-0.2, 0) is 9.53 Å². The quantitative estimate of drug-likeness (QED) is 0.299. The number of non-ortho nitro benzene ring substituents is 1. The van der Waals surface area contributed by atoms with Gasteiger partial charge in [-0.1, -0.05) is 17.7 Å². The van der Waals surface area contributed by atoms with Gasteiger partial charge in [0.1, 0.15) is 10.7 Å². The lowest BCUT2D eigenvalue weighted by Gasteiger charge is -2.06. The van der Waals surface area contributed by atoms with E-state index in [1.54, 1.807) is 25.3 Å². The van der Waals surface area contributed by atoms with E-state index in [0.29, 0.717) is 30.8 Å². The Morgan fingerprint density at radius 1 is 1.24 bits per heavy atom. The molecule has 1 amide bonds. The smallest absolute Gasteiger partial charge is 0.273 e. The van der Waals surface area contributed by atoms with E-state index < -0.39 is 16.4 Å². The molecular weight excluding hydrogens is 456 g/mol. The molecule has 0 aliphatic rings. The zero-order valence-electron chi connectivity index (χ0n) is 18.6. The van der Waals surface area contributed by atoms with Gasteiger partial charge in [-0.25, -0.2) is 0 Å². The van der Waals surface area contributed by atoms with Gasteiger partial charge >= 0.3 is 0 Å². The molecule has 0 spiro atoms. The number of aromatic nitrogens is 1. The number of amides is 1. The summed E-state index contributed by atoms with van der Waals surface area (Å²) >= 11 is 1.01. The lowest BCUT2D eigenvalue weighted by Crippen LogP contribution is -2.34. The number of nitrogens with zero attached hydrogens (tertiary/aromatic N) is 3. The highest BCUT2D eigenvalue weighted by Crippen LogP contribution is 2.12. The predicted octanol–water partition coefficient (Wildman–Crippen LogP) is 1.77. The summed E-state index contributed by atoms with van der Waals surface area (Å²) < 4.78 is 6.80. The lowest BCUT2D eigenvalue weighted by atomic mass is 10.2. The second-order valence-electron chi connectivity index (χ2n) is 7.33. The Balaban J connectivity index is 2.20. The number of ether oxygens (including phenoxy) is 1. The van der Waals surface area contributed by atoms with E-state index >= 15 is 0 Å². The number of aryl methyl sites for hydroxylation is 1. The third-order valence-corrected chi connectivity index (χ3v) is 5.97. The number of nitro benzene ring substituents is 1. The van der Waals surface area contributed by atoms with Crippen LogP contribution in [0.5, 0.6) is 0 Å². The van der Waals surface area contributed by atoms with Crippen LogP contribution in [0.25, 0.3) is 17.3 Å². The van der Waals surface area contributed by atoms with Crippen LogP contribution in [0.15, 0.2) is 53.3 Å². The third kappa shape index (κ3) is 5.64. The van der Waals surface area contributed by atoms with Crippen LogP contribution in [0.2, 0.25) is 0 Å². The molecule has 0 aliphatic carbocycles. The summed E-state index contributed by atoms with van der Waals surface area (Å²) in [4.78, 5) is 36.5. The van der Waals surface area contributed by atoms with Gasteiger partial charge in [0.15, 0.2) is 5.57 Å². The topological polar surface area (TPSA) is 127 Å². The number of methoxy groups -OCH3 is 1. The van der Waals surface area contributed by atoms with Crippen molar-refractivity contribution < 1.29 is 14.5 Å². The summed E-state index contributed by atoms with van der Waals surface area (Å²) in [6.45, 7) is 2.69. The lowest BCUT2D eigenvalue weighted by molar-refractivity contribution is -0.384. The standard InChI is InChI=1S/C24H22N4O5S/c1-16-4-8-18(9-5-16)27-23(30)21(14-17-6-10-19(11-7-17)28(31)32)34-24(27)20(15-25)22(29)26-12-3-13-33-2/h4-11,14H,3,12-13H2,1-2H3,(H,26,29). The number of thiazole rings is 1. The highest BCUT2D eigenvalue weighted by Gasteiger charge is 2.17. The Morgan fingerprint density at radius 2 is 1.91 bits per heavy atom. The third-order valence-electron chi connectivity index (χ3n) is 4.88. The fraction of sp³-hybridized carbons (Fsp3) is 0.208. The number of carbonyl (C=O) groups is 1. The first-order valence-electron chi connectivity index (χ1n) is 10.3. The van der Waals surface area contributed by atoms with Gasteiger partial charge in [-0.2, -0.15) is 5.26 Å². The maximum absolute atomic E-state index is 13.4. The number of hydrogen-bond donors (Lipinski definition) is 1. The average Bonchev–Trinajstić information content (AvgIpc) is 3.13. The summed E-state index contributed by atoms with van der Waals surface area (Å²) in [6.07, 6.45) is 2.16. The molecule has 9 nitrogen and oxygen atoms in total.